The van der Waals surface area contributed by atoms with Crippen molar-refractivity contribution in [2.24, 2.45) is 0 Å². The molecule has 1 N–H and O–H groups in total. The van der Waals surface area contributed by atoms with Crippen LogP contribution < -0.4 is 5.32 Å². The van der Waals surface area contributed by atoms with E-state index in [4.69, 9.17) is 10.00 Å². The van der Waals surface area contributed by atoms with Crippen LogP contribution >= 0.6 is 0 Å². The lowest BCUT2D eigenvalue weighted by Gasteiger charge is -2.15. The monoisotopic (exact) mass is 272 g/mol. The Morgan fingerprint density at radius 1 is 1.42 bits per heavy atom. The van der Waals surface area contributed by atoms with E-state index in [9.17, 15) is 13.2 Å². The fraction of sp³-hybridized carbons (Fsp3) is 0.462. The normalized spacial score (nSPS) is 12.8. The van der Waals surface area contributed by atoms with Crippen LogP contribution in [0.5, 0.6) is 0 Å². The number of halogens is 3. The van der Waals surface area contributed by atoms with E-state index in [-0.39, 0.29) is 11.7 Å². The highest BCUT2D eigenvalue weighted by atomic mass is 19.4. The number of rotatable bonds is 5. The van der Waals surface area contributed by atoms with Gasteiger partial charge in [0.2, 0.25) is 0 Å². The van der Waals surface area contributed by atoms with E-state index in [1.54, 1.807) is 6.07 Å². The highest BCUT2D eigenvalue weighted by Crippen LogP contribution is 2.32. The minimum absolute atomic E-state index is 0.0576. The number of nitrogens with one attached hydrogen (secondary N) is 1. The summed E-state index contributed by atoms with van der Waals surface area (Å²) in [5, 5.41) is 11.7. The average molecular weight is 272 g/mol. The second kappa shape index (κ2) is 6.43. The Labute approximate surface area is 110 Å². The van der Waals surface area contributed by atoms with E-state index in [0.29, 0.717) is 18.8 Å². The maximum Gasteiger partial charge on any atom is 0.417 e. The Morgan fingerprint density at radius 3 is 2.63 bits per heavy atom. The lowest BCUT2D eigenvalue weighted by molar-refractivity contribution is -0.137. The molecule has 0 aliphatic heterocycles. The molecule has 0 aliphatic rings. The van der Waals surface area contributed by atoms with Crippen LogP contribution in [-0.4, -0.2) is 19.3 Å². The van der Waals surface area contributed by atoms with Crippen LogP contribution in [0, 0.1) is 11.3 Å². The molecule has 0 heterocycles. The molecule has 0 aliphatic carbocycles. The number of nitrogens with zero attached hydrogens (tertiary/aromatic N) is 1. The largest absolute Gasteiger partial charge is 0.417 e. The van der Waals surface area contributed by atoms with Gasteiger partial charge < -0.3 is 10.1 Å². The molecule has 0 bridgehead atoms. The predicted octanol–water partition coefficient (Wildman–Crippen LogP) is 3.41. The molecule has 0 saturated carbocycles. The summed E-state index contributed by atoms with van der Waals surface area (Å²) in [5.41, 5.74) is -0.837. The Hall–Kier alpha value is -1.74. The van der Waals surface area contributed by atoms with Crippen molar-refractivity contribution >= 4 is 5.69 Å². The van der Waals surface area contributed by atoms with Crippen LogP contribution in [0.3, 0.4) is 0 Å². The predicted molar refractivity (Wildman–Crippen MR) is 65.7 cm³/mol. The van der Waals surface area contributed by atoms with Crippen LogP contribution in [-0.2, 0) is 10.9 Å². The molecule has 1 rings (SSSR count). The van der Waals surface area contributed by atoms with Crippen molar-refractivity contribution in [3.05, 3.63) is 29.3 Å². The summed E-state index contributed by atoms with van der Waals surface area (Å²) in [6.07, 6.45) is -4.57. The zero-order valence-corrected chi connectivity index (χ0v) is 10.7. The molecule has 0 radical (unpaired) electrons. The van der Waals surface area contributed by atoms with Crippen molar-refractivity contribution < 1.29 is 17.9 Å². The zero-order valence-electron chi connectivity index (χ0n) is 10.7. The quantitative estimate of drug-likeness (QED) is 0.893. The van der Waals surface area contributed by atoms with Gasteiger partial charge in [-0.3, -0.25) is 0 Å². The van der Waals surface area contributed by atoms with Gasteiger partial charge in [0, 0.05) is 18.8 Å². The smallest absolute Gasteiger partial charge is 0.382 e. The van der Waals surface area contributed by atoms with Crippen molar-refractivity contribution in [3.63, 3.8) is 0 Å². The number of nitriles is 1. The van der Waals surface area contributed by atoms with Crippen LogP contribution in [0.15, 0.2) is 18.2 Å². The average Bonchev–Trinajstić information content (AvgIpc) is 2.35. The molecule has 104 valence electrons. The molecule has 1 aromatic rings. The van der Waals surface area contributed by atoms with Gasteiger partial charge in [-0.1, -0.05) is 0 Å². The van der Waals surface area contributed by atoms with Crippen LogP contribution in [0.1, 0.15) is 25.0 Å². The third-order valence-electron chi connectivity index (χ3n) is 2.49. The molecule has 1 unspecified atom stereocenters. The highest BCUT2D eigenvalue weighted by molar-refractivity contribution is 5.53. The molecule has 19 heavy (non-hydrogen) atoms. The number of hydrogen-bond acceptors (Lipinski definition) is 3. The Morgan fingerprint density at radius 2 is 2.11 bits per heavy atom. The van der Waals surface area contributed by atoms with Crippen molar-refractivity contribution in [2.45, 2.75) is 26.1 Å². The van der Waals surface area contributed by atoms with Crippen LogP contribution in [0.2, 0.25) is 0 Å². The van der Waals surface area contributed by atoms with Gasteiger partial charge in [0.05, 0.1) is 23.3 Å². The zero-order chi connectivity index (χ0) is 14.5. The van der Waals surface area contributed by atoms with Crippen molar-refractivity contribution in [1.82, 2.24) is 0 Å². The van der Waals surface area contributed by atoms with E-state index in [2.05, 4.69) is 5.32 Å². The summed E-state index contributed by atoms with van der Waals surface area (Å²) in [6, 6.07) is 4.98. The fourth-order valence-corrected chi connectivity index (χ4v) is 1.60. The summed E-state index contributed by atoms with van der Waals surface area (Å²) in [4.78, 5) is 0. The molecule has 0 saturated heterocycles. The van der Waals surface area contributed by atoms with E-state index >= 15 is 0 Å². The summed E-state index contributed by atoms with van der Waals surface area (Å²) >= 11 is 0. The molecule has 0 fully saturated rings. The number of ether oxygens (including phenoxy) is 1. The van der Waals surface area contributed by atoms with Gasteiger partial charge in [0.25, 0.3) is 0 Å². The summed E-state index contributed by atoms with van der Waals surface area (Å²) in [5.74, 6) is 0. The molecule has 3 nitrogen and oxygen atoms in total. The summed E-state index contributed by atoms with van der Waals surface area (Å²) in [7, 11) is 0. The molecule has 1 aromatic carbocycles. The number of hydrogen-bond donors (Lipinski definition) is 1. The van der Waals surface area contributed by atoms with E-state index < -0.39 is 11.7 Å². The lowest BCUT2D eigenvalue weighted by atomic mass is 10.1. The van der Waals surface area contributed by atoms with Gasteiger partial charge in [-0.15, -0.1) is 0 Å². The molecule has 0 spiro atoms. The third-order valence-corrected chi connectivity index (χ3v) is 2.49. The van der Waals surface area contributed by atoms with E-state index in [1.807, 2.05) is 13.8 Å². The van der Waals surface area contributed by atoms with Crippen LogP contribution in [0.4, 0.5) is 18.9 Å². The first-order chi connectivity index (χ1) is 8.88. The first kappa shape index (κ1) is 15.3. The fourth-order valence-electron chi connectivity index (χ4n) is 1.60. The van der Waals surface area contributed by atoms with Gasteiger partial charge in [0.1, 0.15) is 0 Å². The third kappa shape index (κ3) is 4.45. The first-order valence-corrected chi connectivity index (χ1v) is 5.85. The van der Waals surface area contributed by atoms with Gasteiger partial charge in [-0.2, -0.15) is 18.4 Å². The lowest BCUT2D eigenvalue weighted by Crippen LogP contribution is -2.20. The molecule has 0 aromatic heterocycles. The maximum absolute atomic E-state index is 12.6. The topological polar surface area (TPSA) is 45.0 Å². The number of alkyl halides is 3. The minimum Gasteiger partial charge on any atom is -0.382 e. The second-order valence-electron chi connectivity index (χ2n) is 4.02. The maximum atomic E-state index is 12.6. The van der Waals surface area contributed by atoms with Crippen molar-refractivity contribution in [1.29, 1.82) is 5.26 Å². The molecular formula is C13H15F3N2O. The van der Waals surface area contributed by atoms with Gasteiger partial charge >= 0.3 is 6.18 Å². The number of anilines is 1. The first-order valence-electron chi connectivity index (χ1n) is 5.85. The van der Waals surface area contributed by atoms with Gasteiger partial charge in [-0.25, -0.2) is 0 Å². The molecule has 0 amide bonds. The standard InChI is InChI=1S/C13H15F3N2O/c1-3-19-9(2)8-18-11-4-5-12(13(14,15)16)10(6-11)7-17/h4-6,9,18H,3,8H2,1-2H3. The molecular weight excluding hydrogens is 257 g/mol. The minimum atomic E-state index is -4.51. The Kier molecular flexibility index (Phi) is 5.19. The van der Waals surface area contributed by atoms with Crippen molar-refractivity contribution in [2.75, 3.05) is 18.5 Å². The van der Waals surface area contributed by atoms with Crippen molar-refractivity contribution in [3.8, 4) is 6.07 Å². The van der Waals surface area contributed by atoms with E-state index in [0.717, 1.165) is 6.07 Å². The highest BCUT2D eigenvalue weighted by Gasteiger charge is 2.33. The Bertz CT molecular complexity index is 466. The van der Waals surface area contributed by atoms with Crippen LogP contribution in [0.25, 0.3) is 0 Å². The SMILES string of the molecule is CCOC(C)CNc1ccc(C(F)(F)F)c(C#N)c1. The van der Waals surface area contributed by atoms with Gasteiger partial charge in [-0.05, 0) is 32.0 Å². The summed E-state index contributed by atoms with van der Waals surface area (Å²) in [6.45, 7) is 4.75. The molecule has 1 atom stereocenters. The summed E-state index contributed by atoms with van der Waals surface area (Å²) < 4.78 is 43.1. The number of benzene rings is 1. The van der Waals surface area contributed by atoms with E-state index in [1.165, 1.54) is 12.1 Å². The second-order valence-corrected chi connectivity index (χ2v) is 4.02. The van der Waals surface area contributed by atoms with Gasteiger partial charge in [0.15, 0.2) is 0 Å². The Balaban J connectivity index is 2.81. The molecule has 6 heteroatoms.